The van der Waals surface area contributed by atoms with Crippen molar-refractivity contribution in [2.45, 2.75) is 30.0 Å². The van der Waals surface area contributed by atoms with Gasteiger partial charge in [0.05, 0.1) is 5.56 Å². The Bertz CT molecular complexity index is 799. The van der Waals surface area contributed by atoms with Gasteiger partial charge in [-0.3, -0.25) is 0 Å². The average molecular weight is 425 g/mol. The van der Waals surface area contributed by atoms with Crippen molar-refractivity contribution in [3.05, 3.63) is 60.2 Å². The van der Waals surface area contributed by atoms with Crippen LogP contribution in [0.25, 0.3) is 0 Å². The SMILES string of the molecule is O=C(O)N1CC[C@H]([C@@H](CCSc2ccccc2)Oc2ccc(C(F)(F)F)cc2)C1. The lowest BCUT2D eigenvalue weighted by atomic mass is 9.99. The molecule has 1 amide bonds. The number of alkyl halides is 3. The first-order chi connectivity index (χ1) is 13.8. The van der Waals surface area contributed by atoms with Crippen molar-refractivity contribution in [2.24, 2.45) is 5.92 Å². The maximum atomic E-state index is 12.8. The third kappa shape index (κ3) is 6.06. The van der Waals surface area contributed by atoms with Crippen LogP contribution in [-0.2, 0) is 6.18 Å². The molecule has 1 fully saturated rings. The van der Waals surface area contributed by atoms with Gasteiger partial charge in [0.1, 0.15) is 11.9 Å². The lowest BCUT2D eigenvalue weighted by molar-refractivity contribution is -0.137. The lowest BCUT2D eigenvalue weighted by Gasteiger charge is -2.25. The van der Waals surface area contributed by atoms with E-state index in [0.29, 0.717) is 31.7 Å². The highest BCUT2D eigenvalue weighted by Crippen LogP contribution is 2.32. The highest BCUT2D eigenvalue weighted by Gasteiger charge is 2.33. The van der Waals surface area contributed by atoms with Gasteiger partial charge in [-0.05, 0) is 49.2 Å². The van der Waals surface area contributed by atoms with Crippen molar-refractivity contribution in [3.8, 4) is 5.75 Å². The molecule has 0 radical (unpaired) electrons. The standard InChI is InChI=1S/C21H22F3NO3S/c22-21(23,24)16-6-8-17(9-7-16)28-19(15-10-12-25(14-15)20(26)27)11-13-29-18-4-2-1-3-5-18/h1-9,15,19H,10-14H2,(H,26,27)/t15-,19+/m0/s1. The zero-order valence-corrected chi connectivity index (χ0v) is 16.5. The molecule has 0 spiro atoms. The lowest BCUT2D eigenvalue weighted by Crippen LogP contribution is -2.32. The summed E-state index contributed by atoms with van der Waals surface area (Å²) in [5.74, 6) is 1.13. The Morgan fingerprint density at radius 3 is 2.45 bits per heavy atom. The molecule has 29 heavy (non-hydrogen) atoms. The van der Waals surface area contributed by atoms with Gasteiger partial charge in [0.25, 0.3) is 0 Å². The number of ether oxygens (including phenoxy) is 1. The summed E-state index contributed by atoms with van der Waals surface area (Å²) in [7, 11) is 0. The van der Waals surface area contributed by atoms with Gasteiger partial charge in [-0.15, -0.1) is 11.8 Å². The number of likely N-dealkylation sites (tertiary alicyclic amines) is 1. The predicted octanol–water partition coefficient (Wildman–Crippen LogP) is 5.64. The molecule has 0 aromatic heterocycles. The molecule has 0 aliphatic carbocycles. The fraction of sp³-hybridized carbons (Fsp3) is 0.381. The highest BCUT2D eigenvalue weighted by atomic mass is 32.2. The minimum atomic E-state index is -4.39. The second kappa shape index (κ2) is 9.43. The number of hydrogen-bond donors (Lipinski definition) is 1. The summed E-state index contributed by atoms with van der Waals surface area (Å²) in [5.41, 5.74) is -0.723. The molecule has 1 saturated heterocycles. The first-order valence-corrected chi connectivity index (χ1v) is 10.3. The predicted molar refractivity (Wildman–Crippen MR) is 105 cm³/mol. The van der Waals surface area contributed by atoms with Gasteiger partial charge in [-0.2, -0.15) is 13.2 Å². The molecule has 0 saturated carbocycles. The molecular formula is C21H22F3NO3S. The van der Waals surface area contributed by atoms with Crippen molar-refractivity contribution >= 4 is 17.9 Å². The molecule has 4 nitrogen and oxygen atoms in total. The molecule has 0 unspecified atom stereocenters. The molecule has 1 aliphatic heterocycles. The molecular weight excluding hydrogens is 403 g/mol. The van der Waals surface area contributed by atoms with E-state index in [1.165, 1.54) is 17.0 Å². The van der Waals surface area contributed by atoms with Gasteiger partial charge in [-0.25, -0.2) is 4.79 Å². The van der Waals surface area contributed by atoms with Crippen molar-refractivity contribution in [2.75, 3.05) is 18.8 Å². The fourth-order valence-electron chi connectivity index (χ4n) is 3.36. The molecule has 2 atom stereocenters. The van der Waals surface area contributed by atoms with E-state index in [2.05, 4.69) is 0 Å². The first kappa shape index (κ1) is 21.4. The Morgan fingerprint density at radius 2 is 1.86 bits per heavy atom. The third-order valence-electron chi connectivity index (χ3n) is 4.90. The first-order valence-electron chi connectivity index (χ1n) is 9.32. The maximum Gasteiger partial charge on any atom is 0.416 e. The Balaban J connectivity index is 1.66. The van der Waals surface area contributed by atoms with Crippen molar-refractivity contribution in [1.29, 1.82) is 0 Å². The smallest absolute Gasteiger partial charge is 0.416 e. The molecule has 2 aromatic rings. The topological polar surface area (TPSA) is 49.8 Å². The monoisotopic (exact) mass is 425 g/mol. The van der Waals surface area contributed by atoms with Crippen LogP contribution in [0.15, 0.2) is 59.5 Å². The second-order valence-electron chi connectivity index (χ2n) is 6.91. The van der Waals surface area contributed by atoms with E-state index >= 15 is 0 Å². The molecule has 1 heterocycles. The van der Waals surface area contributed by atoms with E-state index in [1.807, 2.05) is 30.3 Å². The van der Waals surface area contributed by atoms with Gasteiger partial charge in [0, 0.05) is 29.7 Å². The average Bonchev–Trinajstić information content (AvgIpc) is 3.18. The molecule has 1 aliphatic rings. The normalized spacial score (nSPS) is 17.9. The van der Waals surface area contributed by atoms with Crippen LogP contribution >= 0.6 is 11.8 Å². The van der Waals surface area contributed by atoms with Crippen LogP contribution in [0.5, 0.6) is 5.75 Å². The van der Waals surface area contributed by atoms with Gasteiger partial charge in [-0.1, -0.05) is 18.2 Å². The van der Waals surface area contributed by atoms with Crippen LogP contribution in [0.4, 0.5) is 18.0 Å². The van der Waals surface area contributed by atoms with Gasteiger partial charge in [0.2, 0.25) is 0 Å². The fourth-order valence-corrected chi connectivity index (χ4v) is 4.30. The third-order valence-corrected chi connectivity index (χ3v) is 5.95. The van der Waals surface area contributed by atoms with Crippen LogP contribution in [0.2, 0.25) is 0 Å². The van der Waals surface area contributed by atoms with Gasteiger partial charge < -0.3 is 14.7 Å². The highest BCUT2D eigenvalue weighted by molar-refractivity contribution is 7.99. The summed E-state index contributed by atoms with van der Waals surface area (Å²) >= 11 is 1.67. The van der Waals surface area contributed by atoms with Crippen molar-refractivity contribution < 1.29 is 27.8 Å². The maximum absolute atomic E-state index is 12.8. The molecule has 156 valence electrons. The number of thioether (sulfide) groups is 1. The van der Waals surface area contributed by atoms with E-state index in [0.717, 1.165) is 22.8 Å². The molecule has 2 aromatic carbocycles. The van der Waals surface area contributed by atoms with Crippen LogP contribution in [0.3, 0.4) is 0 Å². The van der Waals surface area contributed by atoms with E-state index in [1.54, 1.807) is 11.8 Å². The van der Waals surface area contributed by atoms with Crippen LogP contribution < -0.4 is 4.74 Å². The Labute approximate surface area is 171 Å². The summed E-state index contributed by atoms with van der Waals surface area (Å²) < 4.78 is 44.3. The van der Waals surface area contributed by atoms with E-state index in [-0.39, 0.29) is 12.0 Å². The van der Waals surface area contributed by atoms with E-state index in [4.69, 9.17) is 4.74 Å². The number of rotatable bonds is 7. The van der Waals surface area contributed by atoms with Crippen LogP contribution in [-0.4, -0.2) is 41.0 Å². The largest absolute Gasteiger partial charge is 0.490 e. The zero-order chi connectivity index (χ0) is 20.9. The van der Waals surface area contributed by atoms with Crippen LogP contribution in [0, 0.1) is 5.92 Å². The Kier molecular flexibility index (Phi) is 6.95. The Hall–Kier alpha value is -2.35. The number of hydrogen-bond acceptors (Lipinski definition) is 3. The zero-order valence-electron chi connectivity index (χ0n) is 15.6. The second-order valence-corrected chi connectivity index (χ2v) is 8.07. The van der Waals surface area contributed by atoms with Crippen molar-refractivity contribution in [3.63, 3.8) is 0 Å². The summed E-state index contributed by atoms with van der Waals surface area (Å²) in [4.78, 5) is 13.7. The minimum Gasteiger partial charge on any atom is -0.490 e. The number of carboxylic acid groups (broad SMARTS) is 1. The number of nitrogens with zero attached hydrogens (tertiary/aromatic N) is 1. The van der Waals surface area contributed by atoms with E-state index < -0.39 is 17.8 Å². The number of amides is 1. The summed E-state index contributed by atoms with van der Waals surface area (Å²) in [5, 5.41) is 9.21. The number of benzene rings is 2. The summed E-state index contributed by atoms with van der Waals surface area (Å²) in [6.45, 7) is 0.815. The molecule has 1 N–H and O–H groups in total. The van der Waals surface area contributed by atoms with Gasteiger partial charge >= 0.3 is 12.3 Å². The Morgan fingerprint density at radius 1 is 1.17 bits per heavy atom. The molecule has 8 heteroatoms. The van der Waals surface area contributed by atoms with Crippen LogP contribution in [0.1, 0.15) is 18.4 Å². The summed E-state index contributed by atoms with van der Waals surface area (Å²) in [6, 6.07) is 14.5. The number of halogens is 3. The van der Waals surface area contributed by atoms with Gasteiger partial charge in [0.15, 0.2) is 0 Å². The molecule has 0 bridgehead atoms. The molecule has 3 rings (SSSR count). The van der Waals surface area contributed by atoms with Crippen molar-refractivity contribution in [1.82, 2.24) is 4.90 Å². The van der Waals surface area contributed by atoms with E-state index in [9.17, 15) is 23.1 Å². The quantitative estimate of drug-likeness (QED) is 0.584. The minimum absolute atomic E-state index is 0.00441. The summed E-state index contributed by atoms with van der Waals surface area (Å²) in [6.07, 6.45) is -4.28. The number of carbonyl (C=O) groups is 1.